The van der Waals surface area contributed by atoms with Gasteiger partial charge in [-0.1, -0.05) is 79.5 Å². The summed E-state index contributed by atoms with van der Waals surface area (Å²) >= 11 is 0. The molecule has 2 aromatic rings. The van der Waals surface area contributed by atoms with E-state index in [-0.39, 0.29) is 53.5 Å². The second kappa shape index (κ2) is 10.8. The number of allylic oxidation sites excluding steroid dienone is 2. The number of furan rings is 1. The minimum atomic E-state index is -0.448. The van der Waals surface area contributed by atoms with Gasteiger partial charge in [0.15, 0.2) is 28.8 Å². The average Bonchev–Trinajstić information content (AvgIpc) is 3.18. The van der Waals surface area contributed by atoms with Crippen molar-refractivity contribution in [3.63, 3.8) is 0 Å². The van der Waals surface area contributed by atoms with Crippen LogP contribution in [-0.2, 0) is 11.2 Å². The molecule has 198 valence electrons. The van der Waals surface area contributed by atoms with Crippen molar-refractivity contribution in [2.75, 3.05) is 19.8 Å². The molecule has 0 atom stereocenters. The predicted molar refractivity (Wildman–Crippen MR) is 147 cm³/mol. The van der Waals surface area contributed by atoms with E-state index in [1.165, 1.54) is 0 Å². The van der Waals surface area contributed by atoms with E-state index in [1.807, 2.05) is 20.8 Å². The number of benzene rings is 1. The number of hydrogen-bond donors (Lipinski definition) is 0. The molecule has 1 aliphatic carbocycles. The highest BCUT2D eigenvalue weighted by Gasteiger charge is 2.41. The Balaban J connectivity index is 2.36. The molecule has 0 amide bonds. The maximum atomic E-state index is 14.0. The van der Waals surface area contributed by atoms with Crippen LogP contribution in [0.15, 0.2) is 59.8 Å². The van der Waals surface area contributed by atoms with Gasteiger partial charge in [0.05, 0.1) is 5.56 Å². The van der Waals surface area contributed by atoms with E-state index in [0.717, 1.165) is 5.56 Å². The van der Waals surface area contributed by atoms with Crippen LogP contribution in [0.1, 0.15) is 74.4 Å². The van der Waals surface area contributed by atoms with Crippen LogP contribution in [-0.4, -0.2) is 31.4 Å². The molecule has 1 heterocycles. The maximum absolute atomic E-state index is 14.0. The number of rotatable bonds is 11. The Labute approximate surface area is 219 Å². The molecule has 0 saturated heterocycles. The Morgan fingerprint density at radius 2 is 1.38 bits per heavy atom. The molecule has 6 nitrogen and oxygen atoms in total. The molecule has 0 N–H and O–H groups in total. The molecule has 0 saturated carbocycles. The first-order chi connectivity index (χ1) is 17.3. The van der Waals surface area contributed by atoms with Gasteiger partial charge in [-0.15, -0.1) is 0 Å². The summed E-state index contributed by atoms with van der Waals surface area (Å²) in [6, 6.07) is 1.72. The molecule has 37 heavy (non-hydrogen) atoms. The Morgan fingerprint density at radius 3 is 1.95 bits per heavy atom. The smallest absolute Gasteiger partial charge is 0.263 e. The molecule has 3 rings (SSSR count). The summed E-state index contributed by atoms with van der Waals surface area (Å²) in [5.41, 5.74) is 1.32. The summed E-state index contributed by atoms with van der Waals surface area (Å²) in [5, 5.41) is 0.520. The zero-order chi connectivity index (χ0) is 27.5. The highest BCUT2D eigenvalue weighted by molar-refractivity contribution is 6.29. The zero-order valence-corrected chi connectivity index (χ0v) is 22.9. The topological polar surface area (TPSA) is 75.0 Å². The van der Waals surface area contributed by atoms with Gasteiger partial charge in [0, 0.05) is 16.5 Å². The van der Waals surface area contributed by atoms with Gasteiger partial charge >= 0.3 is 0 Å². The van der Waals surface area contributed by atoms with Crippen LogP contribution in [0.5, 0.6) is 11.5 Å². The standard InChI is InChI=1S/C31H38O6/c1-10-13-34-22-16-19-23-24(32)20(17-30(4,5)6)28(36-15-12-3)25(33)29(23)37-26(19)21(18-31(7,8)9)27(22)35-14-11-2/h10-12,16H,1-3,13-15,17-18H2,4-9H3. The number of carbonyl (C=O) groups is 2. The number of Topliss-reactive ketones (excluding diaryl/α,β-unsaturated/α-hetero) is 2. The number of ether oxygens (including phenoxy) is 3. The molecule has 6 heteroatoms. The fourth-order valence-corrected chi connectivity index (χ4v) is 4.37. The van der Waals surface area contributed by atoms with E-state index in [9.17, 15) is 9.59 Å². The maximum Gasteiger partial charge on any atom is 0.263 e. The van der Waals surface area contributed by atoms with Crippen molar-refractivity contribution in [3.05, 3.63) is 72.3 Å². The third-order valence-corrected chi connectivity index (χ3v) is 5.64. The molecule has 0 aliphatic heterocycles. The van der Waals surface area contributed by atoms with Crippen molar-refractivity contribution < 1.29 is 28.2 Å². The molecular weight excluding hydrogens is 468 g/mol. The van der Waals surface area contributed by atoms with Gasteiger partial charge in [0.2, 0.25) is 0 Å². The van der Waals surface area contributed by atoms with Crippen LogP contribution < -0.4 is 9.47 Å². The van der Waals surface area contributed by atoms with Crippen molar-refractivity contribution in [1.82, 2.24) is 0 Å². The number of fused-ring (bicyclic) bond motifs is 3. The Bertz CT molecular complexity index is 1270. The van der Waals surface area contributed by atoms with E-state index < -0.39 is 5.78 Å². The Morgan fingerprint density at radius 1 is 0.811 bits per heavy atom. The van der Waals surface area contributed by atoms with Crippen molar-refractivity contribution in [1.29, 1.82) is 0 Å². The summed E-state index contributed by atoms with van der Waals surface area (Å²) in [7, 11) is 0. The second-order valence-electron chi connectivity index (χ2n) is 11.6. The van der Waals surface area contributed by atoms with Crippen molar-refractivity contribution >= 4 is 22.5 Å². The van der Waals surface area contributed by atoms with Crippen molar-refractivity contribution in [3.8, 4) is 11.5 Å². The van der Waals surface area contributed by atoms with Crippen LogP contribution in [0.3, 0.4) is 0 Å². The SMILES string of the molecule is C=CCOC1=C(CC(C)(C)C)C(=O)c2c(oc3c(CC(C)(C)C)c(OCC=C)c(OCC=C)cc23)C1=O. The highest BCUT2D eigenvalue weighted by atomic mass is 16.5. The summed E-state index contributed by atoms with van der Waals surface area (Å²) in [4.78, 5) is 27.7. The van der Waals surface area contributed by atoms with Gasteiger partial charge in [0.25, 0.3) is 5.78 Å². The van der Waals surface area contributed by atoms with Crippen LogP contribution >= 0.6 is 0 Å². The normalized spacial score (nSPS) is 14.0. The largest absolute Gasteiger partial charge is 0.486 e. The molecule has 1 aliphatic rings. The van der Waals surface area contributed by atoms with Crippen LogP contribution in [0.4, 0.5) is 0 Å². The van der Waals surface area contributed by atoms with Crippen LogP contribution in [0.25, 0.3) is 11.0 Å². The lowest BCUT2D eigenvalue weighted by atomic mass is 9.80. The van der Waals surface area contributed by atoms with E-state index >= 15 is 0 Å². The summed E-state index contributed by atoms with van der Waals surface area (Å²) in [6.07, 6.45) is 5.75. The van der Waals surface area contributed by atoms with E-state index in [4.69, 9.17) is 18.6 Å². The Hall–Kier alpha value is -3.54. The summed E-state index contributed by atoms with van der Waals surface area (Å²) in [5.74, 6) is 0.222. The van der Waals surface area contributed by atoms with Crippen LogP contribution in [0, 0.1) is 10.8 Å². The molecule has 0 bridgehead atoms. The zero-order valence-electron chi connectivity index (χ0n) is 22.9. The van der Waals surface area contributed by atoms with Crippen LogP contribution in [0.2, 0.25) is 0 Å². The highest BCUT2D eigenvalue weighted by Crippen LogP contribution is 2.46. The number of carbonyl (C=O) groups excluding carboxylic acids is 2. The fraction of sp³-hybridized carbons (Fsp3) is 0.419. The lowest BCUT2D eigenvalue weighted by Crippen LogP contribution is -2.25. The molecule has 0 unspecified atom stereocenters. The molecule has 0 spiro atoms. The minimum Gasteiger partial charge on any atom is -0.486 e. The van der Waals surface area contributed by atoms with Gasteiger partial charge in [-0.05, 0) is 29.7 Å². The number of ketones is 2. The molecule has 1 aromatic carbocycles. The monoisotopic (exact) mass is 506 g/mol. The van der Waals surface area contributed by atoms with Gasteiger partial charge in [0.1, 0.15) is 25.4 Å². The minimum absolute atomic E-state index is 0.0232. The van der Waals surface area contributed by atoms with E-state index in [1.54, 1.807) is 24.3 Å². The molecule has 1 aromatic heterocycles. The third kappa shape index (κ3) is 6.07. The fourth-order valence-electron chi connectivity index (χ4n) is 4.37. The molecule has 0 fully saturated rings. The first-order valence-corrected chi connectivity index (χ1v) is 12.5. The molecule has 0 radical (unpaired) electrons. The van der Waals surface area contributed by atoms with Crippen molar-refractivity contribution in [2.45, 2.75) is 54.4 Å². The van der Waals surface area contributed by atoms with Gasteiger partial charge in [-0.2, -0.15) is 0 Å². The van der Waals surface area contributed by atoms with E-state index in [2.05, 4.69) is 40.5 Å². The second-order valence-corrected chi connectivity index (χ2v) is 11.6. The quantitative estimate of drug-likeness (QED) is 0.295. The average molecular weight is 507 g/mol. The summed E-state index contributed by atoms with van der Waals surface area (Å²) < 4.78 is 24.0. The predicted octanol–water partition coefficient (Wildman–Crippen LogP) is 7.42. The number of hydrogen-bond acceptors (Lipinski definition) is 6. The van der Waals surface area contributed by atoms with Gasteiger partial charge < -0.3 is 18.6 Å². The lowest BCUT2D eigenvalue weighted by Gasteiger charge is -2.24. The Kier molecular flexibility index (Phi) is 8.21. The first kappa shape index (κ1) is 28.0. The third-order valence-electron chi connectivity index (χ3n) is 5.64. The summed E-state index contributed by atoms with van der Waals surface area (Å²) in [6.45, 7) is 24.1. The van der Waals surface area contributed by atoms with Crippen molar-refractivity contribution in [2.24, 2.45) is 10.8 Å². The first-order valence-electron chi connectivity index (χ1n) is 12.5. The van der Waals surface area contributed by atoms with E-state index in [0.29, 0.717) is 40.9 Å². The van der Waals surface area contributed by atoms with Gasteiger partial charge in [-0.3, -0.25) is 9.59 Å². The van der Waals surface area contributed by atoms with Gasteiger partial charge in [-0.25, -0.2) is 0 Å². The molecular formula is C31H38O6. The lowest BCUT2D eigenvalue weighted by molar-refractivity contribution is 0.0858.